The Morgan fingerprint density at radius 2 is 1.69 bits per heavy atom. The highest BCUT2D eigenvalue weighted by Crippen LogP contribution is 1.91. The van der Waals surface area contributed by atoms with Gasteiger partial charge in [0.1, 0.15) is 5.78 Å². The summed E-state index contributed by atoms with van der Waals surface area (Å²) in [6.45, 7) is 0.820. The molecule has 0 rings (SSSR count). The van der Waals surface area contributed by atoms with Gasteiger partial charge in [0.2, 0.25) is 10.0 Å². The van der Waals surface area contributed by atoms with E-state index in [4.69, 9.17) is 0 Å². The molecule has 0 atom stereocenters. The molecule has 0 aromatic carbocycles. The molecule has 0 aliphatic rings. The van der Waals surface area contributed by atoms with Crippen molar-refractivity contribution < 1.29 is 21.6 Å². The minimum Gasteiger partial charge on any atom is -0.299 e. The standard InChI is InChI=1S/C5H11NO5S2/c1-5(7)3-6-13(10,11)4-12(2,8)9/h6H,3-4H2,1-2H3. The second-order valence-corrected chi connectivity index (χ2v) is 6.99. The van der Waals surface area contributed by atoms with Crippen molar-refractivity contribution in [3.63, 3.8) is 0 Å². The summed E-state index contributed by atoms with van der Waals surface area (Å²) in [7, 11) is -7.48. The van der Waals surface area contributed by atoms with Crippen LogP contribution in [0.5, 0.6) is 0 Å². The fraction of sp³-hybridized carbons (Fsp3) is 0.800. The van der Waals surface area contributed by atoms with Crippen LogP contribution in [0.25, 0.3) is 0 Å². The average Bonchev–Trinajstić information content (AvgIpc) is 1.78. The van der Waals surface area contributed by atoms with Gasteiger partial charge in [0, 0.05) is 6.26 Å². The summed E-state index contributed by atoms with van der Waals surface area (Å²) >= 11 is 0. The van der Waals surface area contributed by atoms with Crippen molar-refractivity contribution in [1.82, 2.24) is 4.72 Å². The number of hydrogen-bond donors (Lipinski definition) is 1. The molecule has 0 aromatic heterocycles. The maximum atomic E-state index is 10.9. The smallest absolute Gasteiger partial charge is 0.226 e. The molecular weight excluding hydrogens is 218 g/mol. The Hall–Kier alpha value is -0.470. The second-order valence-electron chi connectivity index (χ2n) is 2.68. The molecule has 0 radical (unpaired) electrons. The Kier molecular flexibility index (Phi) is 4.01. The zero-order valence-corrected chi connectivity index (χ0v) is 8.90. The molecule has 1 N–H and O–H groups in total. The molecule has 8 heteroatoms. The molecule has 0 bridgehead atoms. The van der Waals surface area contributed by atoms with Gasteiger partial charge in [-0.1, -0.05) is 0 Å². The minimum absolute atomic E-state index is 0.377. The van der Waals surface area contributed by atoms with Crippen molar-refractivity contribution in [2.75, 3.05) is 17.9 Å². The molecule has 6 nitrogen and oxygen atoms in total. The van der Waals surface area contributed by atoms with Crippen LogP contribution in [0.4, 0.5) is 0 Å². The fourth-order valence-corrected chi connectivity index (χ4v) is 3.55. The molecule has 78 valence electrons. The third kappa shape index (κ3) is 7.88. The topological polar surface area (TPSA) is 97.4 Å². The summed E-state index contributed by atoms with van der Waals surface area (Å²) in [4.78, 5) is 10.4. The molecule has 0 unspecified atom stereocenters. The number of sulfonamides is 1. The molecule has 0 spiro atoms. The van der Waals surface area contributed by atoms with Crippen LogP contribution in [0.2, 0.25) is 0 Å². The lowest BCUT2D eigenvalue weighted by molar-refractivity contribution is -0.115. The lowest BCUT2D eigenvalue weighted by Gasteiger charge is -2.02. The van der Waals surface area contributed by atoms with Gasteiger partial charge >= 0.3 is 0 Å². The molecule has 0 saturated carbocycles. The number of rotatable bonds is 5. The molecule has 0 fully saturated rings. The van der Waals surface area contributed by atoms with Gasteiger partial charge in [0.15, 0.2) is 14.9 Å². The number of ketones is 1. The quantitative estimate of drug-likeness (QED) is 0.618. The second kappa shape index (κ2) is 4.16. The van der Waals surface area contributed by atoms with E-state index >= 15 is 0 Å². The lowest BCUT2D eigenvalue weighted by Crippen LogP contribution is -2.32. The van der Waals surface area contributed by atoms with Crippen LogP contribution >= 0.6 is 0 Å². The van der Waals surface area contributed by atoms with Crippen molar-refractivity contribution in [3.8, 4) is 0 Å². The molecule has 13 heavy (non-hydrogen) atoms. The Morgan fingerprint density at radius 3 is 2.00 bits per heavy atom. The van der Waals surface area contributed by atoms with E-state index in [2.05, 4.69) is 0 Å². The van der Waals surface area contributed by atoms with Crippen LogP contribution in [-0.2, 0) is 24.7 Å². The van der Waals surface area contributed by atoms with E-state index < -0.39 is 24.9 Å². The highest BCUT2D eigenvalue weighted by atomic mass is 32.3. The van der Waals surface area contributed by atoms with E-state index in [1.54, 1.807) is 0 Å². The van der Waals surface area contributed by atoms with Gasteiger partial charge in [0.25, 0.3) is 0 Å². The van der Waals surface area contributed by atoms with Crippen molar-refractivity contribution in [2.45, 2.75) is 6.92 Å². The Balaban J connectivity index is 4.36. The first kappa shape index (κ1) is 12.5. The first-order valence-electron chi connectivity index (χ1n) is 3.27. The van der Waals surface area contributed by atoms with E-state index in [0.29, 0.717) is 0 Å². The van der Waals surface area contributed by atoms with Crippen LogP contribution in [0, 0.1) is 0 Å². The summed E-state index contributed by atoms with van der Waals surface area (Å²) in [5.74, 6) is -0.378. The van der Waals surface area contributed by atoms with Crippen LogP contribution < -0.4 is 4.72 Å². The van der Waals surface area contributed by atoms with Gasteiger partial charge in [-0.3, -0.25) is 4.79 Å². The van der Waals surface area contributed by atoms with Crippen molar-refractivity contribution in [1.29, 1.82) is 0 Å². The number of carbonyl (C=O) groups excluding carboxylic acids is 1. The number of Topliss-reactive ketones (excluding diaryl/α,β-unsaturated/α-hetero) is 1. The first-order chi connectivity index (χ1) is 5.62. The summed E-state index contributed by atoms with van der Waals surface area (Å²) in [5, 5.41) is -0.993. The van der Waals surface area contributed by atoms with E-state index in [-0.39, 0.29) is 12.3 Å². The Labute approximate surface area is 77.3 Å². The van der Waals surface area contributed by atoms with Crippen molar-refractivity contribution >= 4 is 25.6 Å². The van der Waals surface area contributed by atoms with Crippen LogP contribution in [-0.4, -0.2) is 40.5 Å². The Bertz CT molecular complexity index is 379. The molecule has 0 aliphatic heterocycles. The normalized spacial score (nSPS) is 12.8. The Morgan fingerprint density at radius 1 is 1.23 bits per heavy atom. The molecule has 0 aliphatic carbocycles. The largest absolute Gasteiger partial charge is 0.299 e. The molecule has 0 heterocycles. The summed E-state index contributed by atoms with van der Waals surface area (Å²) in [6, 6.07) is 0. The van der Waals surface area contributed by atoms with E-state index in [1.807, 2.05) is 4.72 Å². The van der Waals surface area contributed by atoms with Gasteiger partial charge in [0.05, 0.1) is 6.54 Å². The van der Waals surface area contributed by atoms with Crippen molar-refractivity contribution in [2.24, 2.45) is 0 Å². The summed E-state index contributed by atoms with van der Waals surface area (Å²) in [5.41, 5.74) is 0. The maximum absolute atomic E-state index is 10.9. The predicted octanol–water partition coefficient (Wildman–Crippen LogP) is -1.50. The number of sulfone groups is 1. The summed E-state index contributed by atoms with van der Waals surface area (Å²) in [6.07, 6.45) is 0.806. The van der Waals surface area contributed by atoms with E-state index in [9.17, 15) is 21.6 Å². The molecule has 0 saturated heterocycles. The van der Waals surface area contributed by atoms with Gasteiger partial charge in [-0.15, -0.1) is 0 Å². The number of hydrogen-bond acceptors (Lipinski definition) is 5. The van der Waals surface area contributed by atoms with Crippen LogP contribution in [0.3, 0.4) is 0 Å². The van der Waals surface area contributed by atoms with Gasteiger partial charge in [-0.05, 0) is 6.92 Å². The SMILES string of the molecule is CC(=O)CNS(=O)(=O)CS(C)(=O)=O. The number of nitrogens with one attached hydrogen (secondary N) is 1. The maximum Gasteiger partial charge on any atom is 0.226 e. The highest BCUT2D eigenvalue weighted by molar-refractivity contribution is 8.06. The lowest BCUT2D eigenvalue weighted by atomic mass is 10.5. The van der Waals surface area contributed by atoms with Crippen LogP contribution in [0.1, 0.15) is 6.92 Å². The average molecular weight is 229 g/mol. The monoisotopic (exact) mass is 229 g/mol. The zero-order valence-electron chi connectivity index (χ0n) is 7.27. The van der Waals surface area contributed by atoms with Gasteiger partial charge in [-0.2, -0.15) is 0 Å². The van der Waals surface area contributed by atoms with E-state index in [0.717, 1.165) is 6.26 Å². The fourth-order valence-electron chi connectivity index (χ4n) is 0.535. The zero-order chi connectivity index (χ0) is 10.7. The van der Waals surface area contributed by atoms with Gasteiger partial charge in [-0.25, -0.2) is 21.6 Å². The minimum atomic E-state index is -3.89. The number of carbonyl (C=O) groups is 1. The van der Waals surface area contributed by atoms with Crippen molar-refractivity contribution in [3.05, 3.63) is 0 Å². The van der Waals surface area contributed by atoms with E-state index in [1.165, 1.54) is 6.92 Å². The third-order valence-electron chi connectivity index (χ3n) is 0.910. The predicted molar refractivity (Wildman–Crippen MR) is 47.3 cm³/mol. The highest BCUT2D eigenvalue weighted by Gasteiger charge is 2.17. The molecular formula is C5H11NO5S2. The summed E-state index contributed by atoms with van der Waals surface area (Å²) < 4.78 is 44.8. The molecule has 0 aromatic rings. The third-order valence-corrected chi connectivity index (χ3v) is 4.45. The van der Waals surface area contributed by atoms with Gasteiger partial charge < -0.3 is 0 Å². The van der Waals surface area contributed by atoms with Crippen LogP contribution in [0.15, 0.2) is 0 Å². The molecule has 0 amide bonds. The first-order valence-corrected chi connectivity index (χ1v) is 6.98.